The van der Waals surface area contributed by atoms with Crippen LogP contribution in [-0.4, -0.2) is 17.6 Å². The van der Waals surface area contributed by atoms with Gasteiger partial charge in [-0.1, -0.05) is 48.5 Å². The molecule has 4 heteroatoms. The zero-order valence-corrected chi connectivity index (χ0v) is 11.2. The summed E-state index contributed by atoms with van der Waals surface area (Å²) >= 11 is 0. The van der Waals surface area contributed by atoms with E-state index in [0.717, 1.165) is 17.7 Å². The van der Waals surface area contributed by atoms with Crippen LogP contribution in [0.15, 0.2) is 54.6 Å². The van der Waals surface area contributed by atoms with Crippen molar-refractivity contribution >= 4 is 24.1 Å². The number of hydrogen-bond donors (Lipinski definition) is 2. The van der Waals surface area contributed by atoms with Crippen molar-refractivity contribution in [2.75, 3.05) is 11.9 Å². The van der Waals surface area contributed by atoms with E-state index >= 15 is 0 Å². The van der Waals surface area contributed by atoms with Crippen LogP contribution in [0.1, 0.15) is 11.1 Å². The Morgan fingerprint density at radius 2 is 1.63 bits per heavy atom. The van der Waals surface area contributed by atoms with Gasteiger partial charge in [0.15, 0.2) is 0 Å². The highest BCUT2D eigenvalue weighted by Crippen LogP contribution is 2.18. The third kappa shape index (κ3) is 4.64. The number of carboxylic acids is 1. The first-order chi connectivity index (χ1) is 8.75. The second-order valence-electron chi connectivity index (χ2n) is 4.07. The van der Waals surface area contributed by atoms with E-state index in [1.807, 2.05) is 42.5 Å². The van der Waals surface area contributed by atoms with E-state index in [-0.39, 0.29) is 19.0 Å². The molecular weight excluding hydrogens is 262 g/mol. The zero-order valence-electron chi connectivity index (χ0n) is 10.4. The smallest absolute Gasteiger partial charge is 0.322 e. The molecule has 0 bridgehead atoms. The van der Waals surface area contributed by atoms with Gasteiger partial charge in [0.2, 0.25) is 0 Å². The normalized spacial score (nSPS) is 9.47. The van der Waals surface area contributed by atoms with Crippen LogP contribution in [0.25, 0.3) is 0 Å². The maximum absolute atomic E-state index is 10.6. The molecule has 0 saturated heterocycles. The molecular formula is C15H16ClNO2. The van der Waals surface area contributed by atoms with Gasteiger partial charge < -0.3 is 10.4 Å². The van der Waals surface area contributed by atoms with Crippen molar-refractivity contribution in [3.63, 3.8) is 0 Å². The maximum Gasteiger partial charge on any atom is 0.322 e. The third-order valence-electron chi connectivity index (χ3n) is 2.68. The molecule has 0 fully saturated rings. The highest BCUT2D eigenvalue weighted by molar-refractivity contribution is 5.85. The number of halogens is 1. The molecule has 3 nitrogen and oxygen atoms in total. The van der Waals surface area contributed by atoms with Gasteiger partial charge in [-0.25, -0.2) is 0 Å². The molecule has 2 rings (SSSR count). The lowest BCUT2D eigenvalue weighted by molar-refractivity contribution is -0.134. The van der Waals surface area contributed by atoms with Crippen LogP contribution in [-0.2, 0) is 11.2 Å². The van der Waals surface area contributed by atoms with E-state index in [9.17, 15) is 4.79 Å². The van der Waals surface area contributed by atoms with Gasteiger partial charge in [0, 0.05) is 5.69 Å². The fourth-order valence-corrected chi connectivity index (χ4v) is 1.83. The SMILES string of the molecule is Cl.O=C(O)CNc1ccccc1Cc1ccccc1. The summed E-state index contributed by atoms with van der Waals surface area (Å²) in [6.07, 6.45) is 0.795. The minimum absolute atomic E-state index is 0. The first-order valence-electron chi connectivity index (χ1n) is 5.83. The summed E-state index contributed by atoms with van der Waals surface area (Å²) in [7, 11) is 0. The molecule has 0 amide bonds. The van der Waals surface area contributed by atoms with Gasteiger partial charge in [0.1, 0.15) is 6.54 Å². The van der Waals surface area contributed by atoms with Crippen LogP contribution < -0.4 is 5.32 Å². The van der Waals surface area contributed by atoms with Crippen LogP contribution in [0.5, 0.6) is 0 Å². The summed E-state index contributed by atoms with van der Waals surface area (Å²) in [6, 6.07) is 17.9. The molecule has 0 heterocycles. The average Bonchev–Trinajstić information content (AvgIpc) is 2.39. The van der Waals surface area contributed by atoms with Crippen molar-refractivity contribution in [1.82, 2.24) is 0 Å². The van der Waals surface area contributed by atoms with Gasteiger partial charge >= 0.3 is 5.97 Å². The second-order valence-corrected chi connectivity index (χ2v) is 4.07. The molecule has 0 radical (unpaired) electrons. The van der Waals surface area contributed by atoms with Gasteiger partial charge in [-0.15, -0.1) is 12.4 Å². The van der Waals surface area contributed by atoms with Gasteiger partial charge in [-0.2, -0.15) is 0 Å². The summed E-state index contributed by atoms with van der Waals surface area (Å²) < 4.78 is 0. The minimum atomic E-state index is -0.857. The molecule has 100 valence electrons. The molecule has 0 aromatic heterocycles. The van der Waals surface area contributed by atoms with Crippen LogP contribution in [0.2, 0.25) is 0 Å². The molecule has 0 saturated carbocycles. The Balaban J connectivity index is 0.00000180. The highest BCUT2D eigenvalue weighted by Gasteiger charge is 2.04. The zero-order chi connectivity index (χ0) is 12.8. The van der Waals surface area contributed by atoms with E-state index in [1.54, 1.807) is 0 Å². The number of hydrogen-bond acceptors (Lipinski definition) is 2. The van der Waals surface area contributed by atoms with E-state index in [0.29, 0.717) is 0 Å². The maximum atomic E-state index is 10.6. The topological polar surface area (TPSA) is 49.3 Å². The Kier molecular flexibility index (Phi) is 5.90. The number of benzene rings is 2. The summed E-state index contributed by atoms with van der Waals surface area (Å²) in [5, 5.41) is 11.6. The largest absolute Gasteiger partial charge is 0.480 e. The Morgan fingerprint density at radius 1 is 1.00 bits per heavy atom. The number of carbonyl (C=O) groups is 1. The van der Waals surface area contributed by atoms with Crippen molar-refractivity contribution in [2.45, 2.75) is 6.42 Å². The summed E-state index contributed by atoms with van der Waals surface area (Å²) in [6.45, 7) is -0.0637. The monoisotopic (exact) mass is 277 g/mol. The molecule has 19 heavy (non-hydrogen) atoms. The summed E-state index contributed by atoms with van der Waals surface area (Å²) in [5.41, 5.74) is 3.19. The van der Waals surface area contributed by atoms with Crippen molar-refractivity contribution in [2.24, 2.45) is 0 Å². The average molecular weight is 278 g/mol. The van der Waals surface area contributed by atoms with Gasteiger partial charge in [-0.05, 0) is 23.6 Å². The minimum Gasteiger partial charge on any atom is -0.480 e. The molecule has 0 atom stereocenters. The van der Waals surface area contributed by atoms with Crippen LogP contribution in [0, 0.1) is 0 Å². The quantitative estimate of drug-likeness (QED) is 0.882. The number of aliphatic carboxylic acids is 1. The van der Waals surface area contributed by atoms with Gasteiger partial charge in [0.25, 0.3) is 0 Å². The number of para-hydroxylation sites is 1. The Labute approximate surface area is 118 Å². The van der Waals surface area contributed by atoms with Gasteiger partial charge in [-0.3, -0.25) is 4.79 Å². The predicted octanol–water partition coefficient (Wildman–Crippen LogP) is 3.20. The lowest BCUT2D eigenvalue weighted by atomic mass is 10.0. The van der Waals surface area contributed by atoms with Crippen LogP contribution >= 0.6 is 12.4 Å². The second kappa shape index (κ2) is 7.44. The number of nitrogens with one attached hydrogen (secondary N) is 1. The first kappa shape index (κ1) is 15.1. The fourth-order valence-electron chi connectivity index (χ4n) is 1.83. The predicted molar refractivity (Wildman–Crippen MR) is 79.1 cm³/mol. The standard InChI is InChI=1S/C15H15NO2.ClH/c17-15(18)11-16-14-9-5-4-8-13(14)10-12-6-2-1-3-7-12;/h1-9,16H,10-11H2,(H,17,18);1H. The van der Waals surface area contributed by atoms with Crippen LogP contribution in [0.3, 0.4) is 0 Å². The third-order valence-corrected chi connectivity index (χ3v) is 2.68. The van der Waals surface area contributed by atoms with E-state index < -0.39 is 5.97 Å². The lowest BCUT2D eigenvalue weighted by Crippen LogP contribution is -2.13. The van der Waals surface area contributed by atoms with Crippen molar-refractivity contribution in [3.05, 3.63) is 65.7 Å². The Bertz CT molecular complexity index is 529. The van der Waals surface area contributed by atoms with Crippen molar-refractivity contribution in [1.29, 1.82) is 0 Å². The summed E-state index contributed by atoms with van der Waals surface area (Å²) in [5.74, 6) is -0.857. The van der Waals surface area contributed by atoms with E-state index in [2.05, 4.69) is 17.4 Å². The number of anilines is 1. The molecule has 0 aliphatic carbocycles. The molecule has 2 aromatic rings. The molecule has 0 unspecified atom stereocenters. The van der Waals surface area contributed by atoms with E-state index in [1.165, 1.54) is 5.56 Å². The Hall–Kier alpha value is -2.00. The summed E-state index contributed by atoms with van der Waals surface area (Å²) in [4.78, 5) is 10.6. The molecule has 0 spiro atoms. The highest BCUT2D eigenvalue weighted by atomic mass is 35.5. The molecule has 2 aromatic carbocycles. The molecule has 0 aliphatic heterocycles. The first-order valence-corrected chi connectivity index (χ1v) is 5.83. The Morgan fingerprint density at radius 3 is 2.32 bits per heavy atom. The number of carboxylic acid groups (broad SMARTS) is 1. The number of rotatable bonds is 5. The molecule has 0 aliphatic rings. The fraction of sp³-hybridized carbons (Fsp3) is 0.133. The lowest BCUT2D eigenvalue weighted by Gasteiger charge is -2.10. The van der Waals surface area contributed by atoms with Gasteiger partial charge in [0.05, 0.1) is 0 Å². The van der Waals surface area contributed by atoms with Crippen molar-refractivity contribution in [3.8, 4) is 0 Å². The van der Waals surface area contributed by atoms with E-state index in [4.69, 9.17) is 5.11 Å². The molecule has 2 N–H and O–H groups in total. The van der Waals surface area contributed by atoms with Crippen molar-refractivity contribution < 1.29 is 9.90 Å². The van der Waals surface area contributed by atoms with Crippen LogP contribution in [0.4, 0.5) is 5.69 Å².